The summed E-state index contributed by atoms with van der Waals surface area (Å²) in [6.45, 7) is 4.60. The van der Waals surface area contributed by atoms with E-state index < -0.39 is 0 Å². The Morgan fingerprint density at radius 1 is 1.10 bits per heavy atom. The number of benzene rings is 1. The van der Waals surface area contributed by atoms with E-state index >= 15 is 0 Å². The minimum atomic E-state index is 0.594. The average Bonchev–Trinajstić information content (AvgIpc) is 2.88. The topological polar surface area (TPSA) is 17.8 Å². The Bertz CT molecular complexity index is 574. The van der Waals surface area contributed by atoms with Gasteiger partial charge in [0, 0.05) is 12.5 Å². The monoisotopic (exact) mass is 284 g/mol. The summed E-state index contributed by atoms with van der Waals surface area (Å²) in [5.74, 6) is 2.18. The fourth-order valence-corrected chi connectivity index (χ4v) is 3.95. The van der Waals surface area contributed by atoms with E-state index in [1.807, 2.05) is 0 Å². The Morgan fingerprint density at radius 3 is 2.52 bits per heavy atom. The molecule has 0 unspecified atom stereocenters. The number of aromatic nitrogens is 2. The van der Waals surface area contributed by atoms with Crippen molar-refractivity contribution in [2.45, 2.75) is 71.3 Å². The van der Waals surface area contributed by atoms with E-state index in [1.54, 1.807) is 0 Å². The summed E-state index contributed by atoms with van der Waals surface area (Å²) in [5.41, 5.74) is 2.51. The number of hydrogen-bond donors (Lipinski definition) is 0. The van der Waals surface area contributed by atoms with Crippen LogP contribution in [0.3, 0.4) is 0 Å². The smallest absolute Gasteiger partial charge is 0.110 e. The van der Waals surface area contributed by atoms with Crippen LogP contribution < -0.4 is 0 Å². The largest absolute Gasteiger partial charge is 0.325 e. The molecule has 1 aromatic heterocycles. The van der Waals surface area contributed by atoms with Gasteiger partial charge in [0.15, 0.2) is 0 Å². The summed E-state index contributed by atoms with van der Waals surface area (Å²) in [5, 5.41) is 0. The van der Waals surface area contributed by atoms with Crippen LogP contribution in [0.25, 0.3) is 11.0 Å². The van der Waals surface area contributed by atoms with Crippen LogP contribution in [-0.2, 0) is 6.42 Å². The first-order valence-corrected chi connectivity index (χ1v) is 8.79. The van der Waals surface area contributed by atoms with E-state index in [-0.39, 0.29) is 0 Å². The summed E-state index contributed by atoms with van der Waals surface area (Å²) in [4.78, 5) is 4.99. The molecule has 0 bridgehead atoms. The van der Waals surface area contributed by atoms with Gasteiger partial charge < -0.3 is 4.57 Å². The zero-order valence-corrected chi connectivity index (χ0v) is 13.5. The second-order valence-corrected chi connectivity index (χ2v) is 6.57. The maximum Gasteiger partial charge on any atom is 0.110 e. The predicted molar refractivity (Wildman–Crippen MR) is 89.6 cm³/mol. The average molecular weight is 284 g/mol. The highest BCUT2D eigenvalue weighted by Gasteiger charge is 2.21. The normalized spacial score (nSPS) is 16.9. The van der Waals surface area contributed by atoms with Gasteiger partial charge in [-0.1, -0.05) is 58.1 Å². The van der Waals surface area contributed by atoms with Crippen LogP contribution in [0.4, 0.5) is 0 Å². The molecule has 2 aromatic rings. The Balaban J connectivity index is 1.97. The zero-order chi connectivity index (χ0) is 14.7. The third-order valence-corrected chi connectivity index (χ3v) is 5.17. The van der Waals surface area contributed by atoms with Crippen molar-refractivity contribution in [2.75, 3.05) is 0 Å². The lowest BCUT2D eigenvalue weighted by molar-refractivity contribution is 0.342. The van der Waals surface area contributed by atoms with Gasteiger partial charge in [-0.05, 0) is 30.9 Å². The quantitative estimate of drug-likeness (QED) is 0.707. The molecule has 0 atom stereocenters. The van der Waals surface area contributed by atoms with E-state index in [0.717, 1.165) is 5.92 Å². The van der Waals surface area contributed by atoms with Gasteiger partial charge in [0.25, 0.3) is 0 Å². The molecule has 1 aliphatic carbocycles. The zero-order valence-electron chi connectivity index (χ0n) is 13.5. The third-order valence-electron chi connectivity index (χ3n) is 5.17. The van der Waals surface area contributed by atoms with Gasteiger partial charge in [-0.2, -0.15) is 0 Å². The highest BCUT2D eigenvalue weighted by Crippen LogP contribution is 2.31. The number of nitrogens with zero attached hydrogens (tertiary/aromatic N) is 2. The lowest BCUT2D eigenvalue weighted by atomic mass is 9.87. The number of hydrogen-bond acceptors (Lipinski definition) is 1. The number of para-hydroxylation sites is 2. The Kier molecular flexibility index (Phi) is 4.62. The number of rotatable bonds is 5. The van der Waals surface area contributed by atoms with Crippen molar-refractivity contribution in [3.8, 4) is 0 Å². The Morgan fingerprint density at radius 2 is 1.81 bits per heavy atom. The summed E-state index contributed by atoms with van der Waals surface area (Å²) in [6, 6.07) is 9.25. The van der Waals surface area contributed by atoms with Crippen molar-refractivity contribution < 1.29 is 0 Å². The van der Waals surface area contributed by atoms with Gasteiger partial charge in [0.2, 0.25) is 0 Å². The maximum absolute atomic E-state index is 4.99. The lowest BCUT2D eigenvalue weighted by Crippen LogP contribution is -2.16. The fraction of sp³-hybridized carbons (Fsp3) is 0.632. The van der Waals surface area contributed by atoms with Crippen LogP contribution in [0.1, 0.15) is 70.7 Å². The van der Waals surface area contributed by atoms with E-state index in [9.17, 15) is 0 Å². The van der Waals surface area contributed by atoms with Crippen molar-refractivity contribution in [1.29, 1.82) is 0 Å². The van der Waals surface area contributed by atoms with Crippen LogP contribution in [0, 0.1) is 5.92 Å². The molecular weight excluding hydrogens is 256 g/mol. The molecule has 0 saturated heterocycles. The number of imidazole rings is 1. The molecule has 0 radical (unpaired) electrons. The van der Waals surface area contributed by atoms with Crippen molar-refractivity contribution in [3.05, 3.63) is 30.1 Å². The molecule has 21 heavy (non-hydrogen) atoms. The van der Waals surface area contributed by atoms with Crippen LogP contribution >= 0.6 is 0 Å². The fourth-order valence-electron chi connectivity index (χ4n) is 3.95. The Hall–Kier alpha value is -1.31. The molecule has 3 rings (SSSR count). The second-order valence-electron chi connectivity index (χ2n) is 6.57. The maximum atomic E-state index is 4.99. The molecule has 0 spiro atoms. The van der Waals surface area contributed by atoms with Crippen molar-refractivity contribution in [3.63, 3.8) is 0 Å². The molecule has 2 nitrogen and oxygen atoms in total. The summed E-state index contributed by atoms with van der Waals surface area (Å²) >= 11 is 0. The molecule has 114 valence electrons. The first-order valence-electron chi connectivity index (χ1n) is 8.79. The minimum absolute atomic E-state index is 0.594. The summed E-state index contributed by atoms with van der Waals surface area (Å²) in [7, 11) is 0. The van der Waals surface area contributed by atoms with Gasteiger partial charge in [-0.3, -0.25) is 0 Å². The van der Waals surface area contributed by atoms with Crippen LogP contribution in [-0.4, -0.2) is 9.55 Å². The molecule has 0 N–H and O–H groups in total. The van der Waals surface area contributed by atoms with Gasteiger partial charge in [0.05, 0.1) is 11.0 Å². The van der Waals surface area contributed by atoms with Crippen molar-refractivity contribution in [2.24, 2.45) is 5.92 Å². The molecule has 1 aliphatic rings. The molecule has 1 aromatic carbocycles. The second kappa shape index (κ2) is 6.64. The van der Waals surface area contributed by atoms with Crippen LogP contribution in [0.2, 0.25) is 0 Å². The molecule has 1 saturated carbocycles. The van der Waals surface area contributed by atoms with E-state index in [4.69, 9.17) is 4.98 Å². The van der Waals surface area contributed by atoms with Gasteiger partial charge in [-0.15, -0.1) is 0 Å². The first kappa shape index (κ1) is 14.6. The number of fused-ring (bicyclic) bond motifs is 1. The minimum Gasteiger partial charge on any atom is -0.325 e. The molecule has 1 heterocycles. The van der Waals surface area contributed by atoms with Crippen LogP contribution in [0.5, 0.6) is 0 Å². The first-order chi connectivity index (χ1) is 10.3. The molecular formula is C19H28N2. The lowest BCUT2D eigenvalue weighted by Gasteiger charge is -2.24. The summed E-state index contributed by atoms with van der Waals surface area (Å²) < 4.78 is 2.55. The highest BCUT2D eigenvalue weighted by molar-refractivity contribution is 5.76. The SMILES string of the molecule is CCC(CC)n1c(CC2CCCCC2)nc2ccccc21. The predicted octanol–water partition coefficient (Wildman–Crippen LogP) is 5.52. The molecule has 0 amide bonds. The Labute approximate surface area is 128 Å². The standard InChI is InChI=1S/C19H28N2/c1-3-16(4-2)21-18-13-9-8-12-17(18)20-19(21)14-15-10-6-5-7-11-15/h8-9,12-13,15-16H,3-7,10-11,14H2,1-2H3. The van der Waals surface area contributed by atoms with Crippen molar-refractivity contribution >= 4 is 11.0 Å². The molecule has 2 heteroatoms. The molecule has 1 fully saturated rings. The van der Waals surface area contributed by atoms with Crippen molar-refractivity contribution in [1.82, 2.24) is 9.55 Å². The highest BCUT2D eigenvalue weighted by atomic mass is 15.1. The third kappa shape index (κ3) is 3.00. The van der Waals surface area contributed by atoms with E-state index in [0.29, 0.717) is 6.04 Å². The van der Waals surface area contributed by atoms with Gasteiger partial charge in [-0.25, -0.2) is 4.98 Å². The van der Waals surface area contributed by atoms with E-state index in [1.165, 1.54) is 68.2 Å². The van der Waals surface area contributed by atoms with E-state index in [2.05, 4.69) is 42.7 Å². The van der Waals surface area contributed by atoms with Crippen LogP contribution in [0.15, 0.2) is 24.3 Å². The van der Waals surface area contributed by atoms with Gasteiger partial charge in [0.1, 0.15) is 5.82 Å². The summed E-state index contributed by atoms with van der Waals surface area (Å²) in [6.07, 6.45) is 10.6. The van der Waals surface area contributed by atoms with Gasteiger partial charge >= 0.3 is 0 Å². The molecule has 0 aliphatic heterocycles.